The number of carbonyl (C=O) groups excluding carboxylic acids is 2. The Morgan fingerprint density at radius 1 is 1.50 bits per heavy atom. The fourth-order valence-corrected chi connectivity index (χ4v) is 1.24. The van der Waals surface area contributed by atoms with Crippen LogP contribution < -0.4 is 11.3 Å². The predicted molar refractivity (Wildman–Crippen MR) is 57.8 cm³/mol. The number of hydrazine groups is 1. The van der Waals surface area contributed by atoms with Crippen LogP contribution in [0, 0.1) is 6.92 Å². The van der Waals surface area contributed by atoms with E-state index in [9.17, 15) is 9.59 Å². The molecule has 0 aliphatic carbocycles. The summed E-state index contributed by atoms with van der Waals surface area (Å²) in [6.07, 6.45) is 0. The van der Waals surface area contributed by atoms with Gasteiger partial charge in [-0.3, -0.25) is 20.0 Å². The van der Waals surface area contributed by atoms with Crippen molar-refractivity contribution in [1.29, 1.82) is 0 Å². The second kappa shape index (κ2) is 5.22. The van der Waals surface area contributed by atoms with Crippen molar-refractivity contribution in [2.75, 3.05) is 7.05 Å². The fourth-order valence-electron chi connectivity index (χ4n) is 1.24. The van der Waals surface area contributed by atoms with Crippen LogP contribution >= 0.6 is 0 Å². The summed E-state index contributed by atoms with van der Waals surface area (Å²) in [4.78, 5) is 27.8. The summed E-state index contributed by atoms with van der Waals surface area (Å²) in [5, 5.41) is 0. The first-order valence-electron chi connectivity index (χ1n) is 4.73. The molecule has 0 aliphatic rings. The molecule has 2 amide bonds. The quantitative estimate of drug-likeness (QED) is 0.301. The number of aromatic nitrogens is 1. The van der Waals surface area contributed by atoms with Gasteiger partial charge >= 0.3 is 11.8 Å². The van der Waals surface area contributed by atoms with Crippen molar-refractivity contribution in [3.8, 4) is 0 Å². The van der Waals surface area contributed by atoms with Gasteiger partial charge in [0.1, 0.15) is 0 Å². The van der Waals surface area contributed by atoms with E-state index in [1.165, 1.54) is 11.9 Å². The van der Waals surface area contributed by atoms with Gasteiger partial charge in [0.25, 0.3) is 0 Å². The third-order valence-electron chi connectivity index (χ3n) is 2.02. The van der Waals surface area contributed by atoms with E-state index in [0.717, 1.165) is 11.4 Å². The number of nitrogens with two attached hydrogens (primary N) is 1. The third kappa shape index (κ3) is 3.03. The topological polar surface area (TPSA) is 88.3 Å². The zero-order valence-corrected chi connectivity index (χ0v) is 9.23. The predicted octanol–water partition coefficient (Wildman–Crippen LogP) is -0.662. The summed E-state index contributed by atoms with van der Waals surface area (Å²) < 4.78 is 0. The molecule has 0 atom stereocenters. The van der Waals surface area contributed by atoms with E-state index >= 15 is 0 Å². The Labute approximate surface area is 93.4 Å². The number of carbonyl (C=O) groups is 2. The van der Waals surface area contributed by atoms with Crippen molar-refractivity contribution in [3.63, 3.8) is 0 Å². The first kappa shape index (κ1) is 12.1. The van der Waals surface area contributed by atoms with E-state index in [1.807, 2.05) is 19.1 Å². The lowest BCUT2D eigenvalue weighted by Crippen LogP contribution is -2.43. The maximum atomic E-state index is 11.4. The molecule has 86 valence electrons. The maximum Gasteiger partial charge on any atom is 0.323 e. The lowest BCUT2D eigenvalue weighted by atomic mass is 10.3. The molecule has 0 radical (unpaired) electrons. The molecule has 0 aliphatic heterocycles. The van der Waals surface area contributed by atoms with Gasteiger partial charge in [-0.15, -0.1) is 0 Å². The van der Waals surface area contributed by atoms with Gasteiger partial charge in [0.15, 0.2) is 0 Å². The van der Waals surface area contributed by atoms with E-state index < -0.39 is 11.8 Å². The van der Waals surface area contributed by atoms with Gasteiger partial charge < -0.3 is 4.90 Å². The summed E-state index contributed by atoms with van der Waals surface area (Å²) in [6, 6.07) is 5.49. The van der Waals surface area contributed by atoms with Crippen LogP contribution in [0.4, 0.5) is 0 Å². The van der Waals surface area contributed by atoms with Crippen molar-refractivity contribution >= 4 is 11.8 Å². The van der Waals surface area contributed by atoms with Crippen molar-refractivity contribution in [2.45, 2.75) is 13.5 Å². The summed E-state index contributed by atoms with van der Waals surface area (Å²) in [5.74, 6) is 3.34. The van der Waals surface area contributed by atoms with E-state index in [2.05, 4.69) is 4.98 Å². The molecule has 0 unspecified atom stereocenters. The van der Waals surface area contributed by atoms with Gasteiger partial charge in [0.05, 0.1) is 12.2 Å². The number of rotatable bonds is 2. The van der Waals surface area contributed by atoms with Crippen LogP contribution in [-0.2, 0) is 16.1 Å². The van der Waals surface area contributed by atoms with Gasteiger partial charge in [-0.05, 0) is 19.1 Å². The fraction of sp³-hybridized carbons (Fsp3) is 0.300. The summed E-state index contributed by atoms with van der Waals surface area (Å²) >= 11 is 0. The molecule has 0 spiro atoms. The molecule has 1 heterocycles. The molecule has 0 bridgehead atoms. The monoisotopic (exact) mass is 222 g/mol. The molecule has 3 N–H and O–H groups in total. The number of aryl methyl sites for hydroxylation is 1. The van der Waals surface area contributed by atoms with Crippen LogP contribution in [0.1, 0.15) is 11.4 Å². The Morgan fingerprint density at radius 2 is 2.19 bits per heavy atom. The van der Waals surface area contributed by atoms with Gasteiger partial charge in [-0.2, -0.15) is 0 Å². The highest BCUT2D eigenvalue weighted by molar-refractivity contribution is 6.34. The number of pyridine rings is 1. The average Bonchev–Trinajstić information content (AvgIpc) is 2.27. The van der Waals surface area contributed by atoms with Crippen LogP contribution in [0.25, 0.3) is 0 Å². The number of likely N-dealkylation sites (N-methyl/N-ethyl adjacent to an activating group) is 1. The Bertz CT molecular complexity index is 406. The molecular weight excluding hydrogens is 208 g/mol. The molecule has 0 saturated heterocycles. The Kier molecular flexibility index (Phi) is 3.96. The summed E-state index contributed by atoms with van der Waals surface area (Å²) in [5.41, 5.74) is 3.38. The highest BCUT2D eigenvalue weighted by atomic mass is 16.2. The van der Waals surface area contributed by atoms with Gasteiger partial charge in [0, 0.05) is 12.7 Å². The number of hydrogen-bond acceptors (Lipinski definition) is 4. The highest BCUT2D eigenvalue weighted by Crippen LogP contribution is 2.01. The average molecular weight is 222 g/mol. The molecule has 1 aromatic heterocycles. The van der Waals surface area contributed by atoms with Gasteiger partial charge in [-0.25, -0.2) is 5.84 Å². The standard InChI is InChI=1S/C10H14N4O2/c1-7-4-3-5-8(12-7)6-14(2)10(16)9(15)13-11/h3-5H,6,11H2,1-2H3,(H,13,15). The first-order chi connectivity index (χ1) is 7.54. The zero-order chi connectivity index (χ0) is 12.1. The molecule has 16 heavy (non-hydrogen) atoms. The van der Waals surface area contributed by atoms with Crippen LogP contribution in [-0.4, -0.2) is 28.7 Å². The van der Waals surface area contributed by atoms with Crippen molar-refractivity contribution in [2.24, 2.45) is 5.84 Å². The zero-order valence-electron chi connectivity index (χ0n) is 9.23. The van der Waals surface area contributed by atoms with Gasteiger partial charge in [0.2, 0.25) is 0 Å². The number of nitrogens with zero attached hydrogens (tertiary/aromatic N) is 2. The maximum absolute atomic E-state index is 11.4. The Morgan fingerprint density at radius 3 is 2.75 bits per heavy atom. The van der Waals surface area contributed by atoms with Crippen LogP contribution in [0.5, 0.6) is 0 Å². The molecule has 1 rings (SSSR count). The van der Waals surface area contributed by atoms with E-state index in [-0.39, 0.29) is 6.54 Å². The molecule has 0 aromatic carbocycles. The minimum Gasteiger partial charge on any atom is -0.332 e. The summed E-state index contributed by atoms with van der Waals surface area (Å²) in [7, 11) is 1.52. The van der Waals surface area contributed by atoms with Crippen LogP contribution in [0.3, 0.4) is 0 Å². The molecule has 0 saturated carbocycles. The summed E-state index contributed by atoms with van der Waals surface area (Å²) in [6.45, 7) is 2.13. The van der Waals surface area contributed by atoms with E-state index in [1.54, 1.807) is 11.5 Å². The smallest absolute Gasteiger partial charge is 0.323 e. The second-order valence-corrected chi connectivity index (χ2v) is 3.40. The molecule has 6 heteroatoms. The van der Waals surface area contributed by atoms with Crippen LogP contribution in [0.2, 0.25) is 0 Å². The van der Waals surface area contributed by atoms with E-state index in [4.69, 9.17) is 5.84 Å². The molecular formula is C10H14N4O2. The number of amides is 2. The van der Waals surface area contributed by atoms with Crippen LogP contribution in [0.15, 0.2) is 18.2 Å². The lowest BCUT2D eigenvalue weighted by Gasteiger charge is -2.15. The number of hydrogen-bond donors (Lipinski definition) is 2. The van der Waals surface area contributed by atoms with Crippen molar-refractivity contribution in [1.82, 2.24) is 15.3 Å². The normalized spacial score (nSPS) is 9.69. The minimum atomic E-state index is -0.838. The third-order valence-corrected chi connectivity index (χ3v) is 2.02. The Balaban J connectivity index is 2.67. The SMILES string of the molecule is Cc1cccc(CN(C)C(=O)C(=O)NN)n1. The second-order valence-electron chi connectivity index (χ2n) is 3.40. The lowest BCUT2D eigenvalue weighted by molar-refractivity contribution is -0.145. The Hall–Kier alpha value is -1.95. The first-order valence-corrected chi connectivity index (χ1v) is 4.73. The van der Waals surface area contributed by atoms with Crippen molar-refractivity contribution in [3.05, 3.63) is 29.6 Å². The molecule has 0 fully saturated rings. The van der Waals surface area contributed by atoms with E-state index in [0.29, 0.717) is 0 Å². The molecule has 1 aromatic rings. The minimum absolute atomic E-state index is 0.272. The highest BCUT2D eigenvalue weighted by Gasteiger charge is 2.17. The largest absolute Gasteiger partial charge is 0.332 e. The van der Waals surface area contributed by atoms with Gasteiger partial charge in [-0.1, -0.05) is 6.07 Å². The van der Waals surface area contributed by atoms with Crippen molar-refractivity contribution < 1.29 is 9.59 Å². The molecule has 6 nitrogen and oxygen atoms in total. The number of nitrogens with one attached hydrogen (secondary N) is 1.